The molecule has 1 aromatic heterocycles. The lowest BCUT2D eigenvalue weighted by Gasteiger charge is -2.10. The summed E-state index contributed by atoms with van der Waals surface area (Å²) in [6.45, 7) is 1.56. The van der Waals surface area contributed by atoms with Crippen LogP contribution >= 0.6 is 0 Å². The Balaban J connectivity index is 1.78. The van der Waals surface area contributed by atoms with Crippen LogP contribution in [0.2, 0.25) is 0 Å². The zero-order valence-corrected chi connectivity index (χ0v) is 14.4. The molecule has 7 nitrogen and oxygen atoms in total. The maximum absolute atomic E-state index is 13.0. The van der Waals surface area contributed by atoms with E-state index in [0.717, 1.165) is 0 Å². The number of benzene rings is 2. The maximum Gasteiger partial charge on any atom is 0.244 e. The Kier molecular flexibility index (Phi) is 4.79. The van der Waals surface area contributed by atoms with E-state index in [0.29, 0.717) is 11.1 Å². The first-order chi connectivity index (χ1) is 12.4. The molecule has 0 saturated carbocycles. The zero-order chi connectivity index (χ0) is 18.7. The van der Waals surface area contributed by atoms with Crippen LogP contribution in [0.25, 0.3) is 11.4 Å². The van der Waals surface area contributed by atoms with Crippen LogP contribution in [-0.4, -0.2) is 18.6 Å². The fourth-order valence-electron chi connectivity index (χ4n) is 2.19. The van der Waals surface area contributed by atoms with Crippen molar-refractivity contribution in [2.75, 3.05) is 0 Å². The van der Waals surface area contributed by atoms with Gasteiger partial charge in [0.25, 0.3) is 0 Å². The quantitative estimate of drug-likeness (QED) is 0.738. The van der Waals surface area contributed by atoms with Gasteiger partial charge in [-0.05, 0) is 55.5 Å². The van der Waals surface area contributed by atoms with E-state index in [1.54, 1.807) is 6.92 Å². The lowest BCUT2D eigenvalue weighted by Crippen LogP contribution is -2.27. The highest BCUT2D eigenvalue weighted by atomic mass is 32.2. The molecule has 132 valence electrons. The smallest absolute Gasteiger partial charge is 0.244 e. The van der Waals surface area contributed by atoms with Crippen LogP contribution in [0.1, 0.15) is 24.4 Å². The number of rotatable bonds is 5. The minimum absolute atomic E-state index is 0.0154. The van der Waals surface area contributed by atoms with E-state index in [1.165, 1.54) is 48.5 Å². The van der Waals surface area contributed by atoms with Gasteiger partial charge >= 0.3 is 0 Å². The largest absolute Gasteiger partial charge is 0.337 e. The van der Waals surface area contributed by atoms with E-state index in [2.05, 4.69) is 14.9 Å². The van der Waals surface area contributed by atoms with Crippen molar-refractivity contribution >= 4 is 10.0 Å². The highest BCUT2D eigenvalue weighted by Crippen LogP contribution is 2.20. The summed E-state index contributed by atoms with van der Waals surface area (Å²) in [6, 6.07) is 12.2. The van der Waals surface area contributed by atoms with Crippen molar-refractivity contribution in [3.8, 4) is 17.5 Å². The van der Waals surface area contributed by atoms with E-state index in [4.69, 9.17) is 9.78 Å². The first-order valence-electron chi connectivity index (χ1n) is 7.51. The minimum atomic E-state index is -3.83. The first-order valence-corrected chi connectivity index (χ1v) is 8.99. The standard InChI is InChI=1S/C17H13FN4O3S/c1-11(22-26(23,24)15-8-2-12(10-19)3-9-15)17-20-16(21-25-17)13-4-6-14(18)7-5-13/h2-9,11,22H,1H3/t11-/m0/s1. The van der Waals surface area contributed by atoms with Crippen LogP contribution in [-0.2, 0) is 10.0 Å². The fraction of sp³-hybridized carbons (Fsp3) is 0.118. The summed E-state index contributed by atoms with van der Waals surface area (Å²) in [5.41, 5.74) is 0.904. The van der Waals surface area contributed by atoms with Gasteiger partial charge in [0.05, 0.1) is 22.6 Å². The number of aromatic nitrogens is 2. The zero-order valence-electron chi connectivity index (χ0n) is 13.5. The van der Waals surface area contributed by atoms with E-state index in [1.807, 2.05) is 6.07 Å². The summed E-state index contributed by atoms with van der Waals surface area (Å²) in [5, 5.41) is 12.6. The molecule has 0 unspecified atom stereocenters. The molecule has 0 amide bonds. The topological polar surface area (TPSA) is 109 Å². The average molecular weight is 372 g/mol. The van der Waals surface area contributed by atoms with Gasteiger partial charge in [-0.25, -0.2) is 12.8 Å². The second-order valence-corrected chi connectivity index (χ2v) is 7.16. The second kappa shape index (κ2) is 7.03. The van der Waals surface area contributed by atoms with Gasteiger partial charge in [0.2, 0.25) is 21.7 Å². The molecule has 3 rings (SSSR count). The van der Waals surface area contributed by atoms with Gasteiger partial charge in [-0.15, -0.1) is 0 Å². The van der Waals surface area contributed by atoms with Gasteiger partial charge in [-0.3, -0.25) is 0 Å². The van der Waals surface area contributed by atoms with Crippen molar-refractivity contribution in [2.24, 2.45) is 0 Å². The van der Waals surface area contributed by atoms with Crippen molar-refractivity contribution in [1.29, 1.82) is 5.26 Å². The van der Waals surface area contributed by atoms with Crippen LogP contribution in [0.15, 0.2) is 57.9 Å². The highest BCUT2D eigenvalue weighted by Gasteiger charge is 2.22. The van der Waals surface area contributed by atoms with Crippen LogP contribution in [0.3, 0.4) is 0 Å². The lowest BCUT2D eigenvalue weighted by atomic mass is 10.2. The van der Waals surface area contributed by atoms with Crippen LogP contribution < -0.4 is 4.72 Å². The van der Waals surface area contributed by atoms with Gasteiger partial charge in [0.15, 0.2) is 0 Å². The summed E-state index contributed by atoms with van der Waals surface area (Å²) in [5.74, 6) is -0.0908. The van der Waals surface area contributed by atoms with Crippen molar-refractivity contribution in [3.05, 3.63) is 65.8 Å². The number of nitrogens with zero attached hydrogens (tertiary/aromatic N) is 3. The van der Waals surface area contributed by atoms with E-state index >= 15 is 0 Å². The summed E-state index contributed by atoms with van der Waals surface area (Å²) in [4.78, 5) is 4.16. The van der Waals surface area contributed by atoms with Crippen molar-refractivity contribution in [3.63, 3.8) is 0 Å². The molecule has 3 aromatic rings. The Morgan fingerprint density at radius 1 is 1.15 bits per heavy atom. The van der Waals surface area contributed by atoms with Gasteiger partial charge in [-0.2, -0.15) is 15.0 Å². The lowest BCUT2D eigenvalue weighted by molar-refractivity contribution is 0.354. The predicted molar refractivity (Wildman–Crippen MR) is 89.6 cm³/mol. The molecule has 9 heteroatoms. The van der Waals surface area contributed by atoms with Gasteiger partial charge in [0.1, 0.15) is 5.82 Å². The molecule has 2 aromatic carbocycles. The molecule has 0 spiro atoms. The Morgan fingerprint density at radius 3 is 2.42 bits per heavy atom. The van der Waals surface area contributed by atoms with Crippen LogP contribution in [0.5, 0.6) is 0 Å². The molecule has 1 N–H and O–H groups in total. The van der Waals surface area contributed by atoms with Gasteiger partial charge in [0, 0.05) is 5.56 Å². The summed E-state index contributed by atoms with van der Waals surface area (Å²) >= 11 is 0. The number of nitriles is 1. The minimum Gasteiger partial charge on any atom is -0.337 e. The third kappa shape index (κ3) is 3.77. The normalized spacial score (nSPS) is 12.5. The SMILES string of the molecule is C[C@H](NS(=O)(=O)c1ccc(C#N)cc1)c1nc(-c2ccc(F)cc2)no1. The summed E-state index contributed by atoms with van der Waals surface area (Å²) in [6.07, 6.45) is 0. The molecule has 1 heterocycles. The molecule has 26 heavy (non-hydrogen) atoms. The van der Waals surface area contributed by atoms with Crippen molar-refractivity contribution in [1.82, 2.24) is 14.9 Å². The number of sulfonamides is 1. The molecular formula is C17H13FN4O3S. The number of halogens is 1. The third-order valence-corrected chi connectivity index (χ3v) is 5.10. The second-order valence-electron chi connectivity index (χ2n) is 5.44. The maximum atomic E-state index is 13.0. The van der Waals surface area contributed by atoms with Crippen molar-refractivity contribution < 1.29 is 17.3 Å². The molecule has 1 atom stereocenters. The van der Waals surface area contributed by atoms with E-state index < -0.39 is 16.1 Å². The van der Waals surface area contributed by atoms with Crippen LogP contribution in [0.4, 0.5) is 4.39 Å². The molecular weight excluding hydrogens is 359 g/mol. The van der Waals surface area contributed by atoms with E-state index in [-0.39, 0.29) is 22.4 Å². The number of nitrogens with one attached hydrogen (secondary N) is 1. The number of hydrogen-bond donors (Lipinski definition) is 1. The molecule has 0 aliphatic carbocycles. The van der Waals surface area contributed by atoms with E-state index in [9.17, 15) is 12.8 Å². The van der Waals surface area contributed by atoms with Gasteiger partial charge < -0.3 is 4.52 Å². The summed E-state index contributed by atoms with van der Waals surface area (Å²) < 4.78 is 45.3. The molecule has 0 fully saturated rings. The van der Waals surface area contributed by atoms with Gasteiger partial charge in [-0.1, -0.05) is 5.16 Å². The third-order valence-electron chi connectivity index (χ3n) is 3.54. The Labute approximate surface area is 149 Å². The monoisotopic (exact) mass is 372 g/mol. The number of hydrogen-bond acceptors (Lipinski definition) is 6. The first kappa shape index (κ1) is 17.7. The predicted octanol–water partition coefficient (Wildman–Crippen LogP) is 2.79. The Hall–Kier alpha value is -3.09. The molecule has 0 aliphatic rings. The van der Waals surface area contributed by atoms with Crippen LogP contribution in [0, 0.1) is 17.1 Å². The Bertz CT molecular complexity index is 1050. The highest BCUT2D eigenvalue weighted by molar-refractivity contribution is 7.89. The Morgan fingerprint density at radius 2 is 1.81 bits per heavy atom. The average Bonchev–Trinajstić information content (AvgIpc) is 3.12. The summed E-state index contributed by atoms with van der Waals surface area (Å²) in [7, 11) is -3.83. The van der Waals surface area contributed by atoms with Crippen molar-refractivity contribution in [2.45, 2.75) is 17.9 Å². The molecule has 0 bridgehead atoms. The molecule has 0 radical (unpaired) electrons. The molecule has 0 saturated heterocycles. The fourth-order valence-corrected chi connectivity index (χ4v) is 3.38. The molecule has 0 aliphatic heterocycles.